The van der Waals surface area contributed by atoms with E-state index in [0.717, 1.165) is 12.1 Å². The SMILES string of the molecule is CC1(C#CC#CC2(C)OC2C[Si](C)(C)C(C)(C)C)OC1C[Si](C)(C)C(C)(C)C. The monoisotopic (exact) mass is 418 g/mol. The summed E-state index contributed by atoms with van der Waals surface area (Å²) in [6.07, 6.45) is 0.531. The molecule has 2 aliphatic heterocycles. The molecule has 0 saturated carbocycles. The third-order valence-electron chi connectivity index (χ3n) is 8.02. The van der Waals surface area contributed by atoms with Crippen LogP contribution in [0.2, 0.25) is 48.4 Å². The number of epoxide rings is 2. The lowest BCUT2D eigenvalue weighted by Gasteiger charge is -2.36. The number of ether oxygens (including phenoxy) is 2. The summed E-state index contributed by atoms with van der Waals surface area (Å²) in [6, 6.07) is 2.31. The lowest BCUT2D eigenvalue weighted by molar-refractivity contribution is 0.353. The molecule has 0 aliphatic carbocycles. The summed E-state index contributed by atoms with van der Waals surface area (Å²) >= 11 is 0. The summed E-state index contributed by atoms with van der Waals surface area (Å²) in [7, 11) is -2.71. The van der Waals surface area contributed by atoms with Crippen LogP contribution in [0.25, 0.3) is 0 Å². The molecule has 0 spiro atoms. The van der Waals surface area contributed by atoms with Crippen molar-refractivity contribution in [3.8, 4) is 23.7 Å². The van der Waals surface area contributed by atoms with Crippen LogP contribution in [0.4, 0.5) is 0 Å². The summed E-state index contributed by atoms with van der Waals surface area (Å²) in [5, 5.41) is 0.758. The van der Waals surface area contributed by atoms with Crippen LogP contribution in [0.1, 0.15) is 55.4 Å². The van der Waals surface area contributed by atoms with Gasteiger partial charge in [-0.2, -0.15) is 0 Å². The van der Waals surface area contributed by atoms with Crippen LogP contribution in [-0.2, 0) is 9.47 Å². The van der Waals surface area contributed by atoms with Crippen LogP contribution < -0.4 is 0 Å². The Morgan fingerprint density at radius 2 is 0.964 bits per heavy atom. The van der Waals surface area contributed by atoms with Gasteiger partial charge in [0.05, 0.1) is 28.4 Å². The van der Waals surface area contributed by atoms with Crippen LogP contribution in [0.5, 0.6) is 0 Å². The topological polar surface area (TPSA) is 25.1 Å². The van der Waals surface area contributed by atoms with Crippen LogP contribution in [0.3, 0.4) is 0 Å². The molecule has 2 aliphatic rings. The molecule has 0 aromatic carbocycles. The Hall–Kier alpha value is -0.526. The summed E-state index contributed by atoms with van der Waals surface area (Å²) in [6.45, 7) is 28.2. The minimum absolute atomic E-state index is 0.266. The summed E-state index contributed by atoms with van der Waals surface area (Å²) < 4.78 is 12.0. The zero-order chi connectivity index (χ0) is 21.8. The predicted octanol–water partition coefficient (Wildman–Crippen LogP) is 6.33. The molecule has 2 rings (SSSR count). The Kier molecular flexibility index (Phi) is 5.95. The van der Waals surface area contributed by atoms with E-state index in [0.29, 0.717) is 10.1 Å². The normalized spacial score (nSPS) is 32.7. The molecular weight excluding hydrogens is 376 g/mol. The van der Waals surface area contributed by atoms with Crippen LogP contribution in [-0.4, -0.2) is 39.6 Å². The van der Waals surface area contributed by atoms with E-state index in [1.165, 1.54) is 0 Å². The van der Waals surface area contributed by atoms with Gasteiger partial charge in [0.15, 0.2) is 11.2 Å². The molecule has 0 N–H and O–H groups in total. The fourth-order valence-corrected chi connectivity index (χ4v) is 7.09. The third kappa shape index (κ3) is 5.14. The maximum absolute atomic E-state index is 5.98. The summed E-state index contributed by atoms with van der Waals surface area (Å²) in [5.74, 6) is 12.7. The Labute approximate surface area is 176 Å². The molecule has 4 unspecified atom stereocenters. The minimum atomic E-state index is -1.35. The van der Waals surface area contributed by atoms with Crippen molar-refractivity contribution in [2.75, 3.05) is 0 Å². The fourth-order valence-electron chi connectivity index (χ4n) is 3.07. The fraction of sp³-hybridized carbons (Fsp3) is 0.833. The number of rotatable bonds is 4. The molecule has 4 heteroatoms. The maximum atomic E-state index is 5.98. The van der Waals surface area contributed by atoms with E-state index in [4.69, 9.17) is 9.47 Å². The van der Waals surface area contributed by atoms with Crippen LogP contribution >= 0.6 is 0 Å². The average Bonchev–Trinajstić information content (AvgIpc) is 3.29. The molecule has 0 amide bonds. The zero-order valence-electron chi connectivity index (χ0n) is 20.4. The first-order valence-electron chi connectivity index (χ1n) is 10.7. The van der Waals surface area contributed by atoms with Crippen molar-refractivity contribution >= 4 is 16.1 Å². The maximum Gasteiger partial charge on any atom is 0.153 e. The van der Waals surface area contributed by atoms with Gasteiger partial charge in [0.1, 0.15) is 0 Å². The Morgan fingerprint density at radius 1 is 0.679 bits per heavy atom. The third-order valence-corrected chi connectivity index (χ3v) is 18.9. The highest BCUT2D eigenvalue weighted by molar-refractivity contribution is 6.80. The molecule has 2 saturated heterocycles. The van der Waals surface area contributed by atoms with E-state index < -0.39 is 16.1 Å². The zero-order valence-corrected chi connectivity index (χ0v) is 22.4. The highest BCUT2D eigenvalue weighted by Gasteiger charge is 2.56. The second kappa shape index (κ2) is 7.02. The van der Waals surface area contributed by atoms with Crippen LogP contribution in [0.15, 0.2) is 0 Å². The van der Waals surface area contributed by atoms with Crippen molar-refractivity contribution in [3.63, 3.8) is 0 Å². The molecule has 2 nitrogen and oxygen atoms in total. The first kappa shape index (κ1) is 23.7. The highest BCUT2D eigenvalue weighted by Crippen LogP contribution is 2.48. The van der Waals surface area contributed by atoms with Gasteiger partial charge in [-0.1, -0.05) is 79.6 Å². The van der Waals surface area contributed by atoms with Crippen molar-refractivity contribution in [2.45, 2.75) is 127 Å². The van der Waals surface area contributed by atoms with Gasteiger partial charge in [0, 0.05) is 0 Å². The summed E-state index contributed by atoms with van der Waals surface area (Å²) in [5.41, 5.74) is -0.619. The van der Waals surface area contributed by atoms with Crippen molar-refractivity contribution in [2.24, 2.45) is 0 Å². The smallest absolute Gasteiger partial charge is 0.153 e. The molecule has 0 aromatic heterocycles. The van der Waals surface area contributed by atoms with Gasteiger partial charge in [0.2, 0.25) is 0 Å². The lowest BCUT2D eigenvalue weighted by atomic mass is 10.1. The number of hydrogen-bond donors (Lipinski definition) is 0. The van der Waals surface area contributed by atoms with Crippen molar-refractivity contribution in [1.29, 1.82) is 0 Å². The largest absolute Gasteiger partial charge is 0.353 e. The van der Waals surface area contributed by atoms with E-state index in [1.807, 2.05) is 0 Å². The molecule has 0 aromatic rings. The van der Waals surface area contributed by atoms with Crippen LogP contribution in [0, 0.1) is 23.7 Å². The minimum Gasteiger partial charge on any atom is -0.353 e. The molecule has 2 heterocycles. The summed E-state index contributed by atoms with van der Waals surface area (Å²) in [4.78, 5) is 0. The molecular formula is C24H42O2Si2. The van der Waals surface area contributed by atoms with Crippen molar-refractivity contribution in [1.82, 2.24) is 0 Å². The van der Waals surface area contributed by atoms with E-state index in [9.17, 15) is 0 Å². The standard InChI is InChI=1S/C24H42O2Si2/c1-21(2,3)27(9,10)17-19-23(7,25-19)15-13-14-16-24(8)20(26-24)18-28(11,12)22(4,5)6/h19-20H,17-18H2,1-12H3. The molecule has 158 valence electrons. The molecule has 2 fully saturated rings. The Bertz CT molecular complexity index is 669. The first-order chi connectivity index (χ1) is 12.3. The first-order valence-corrected chi connectivity index (χ1v) is 17.1. The second-order valence-corrected chi connectivity index (χ2v) is 24.0. The molecule has 28 heavy (non-hydrogen) atoms. The van der Waals surface area contributed by atoms with E-state index in [1.54, 1.807) is 0 Å². The van der Waals surface area contributed by atoms with E-state index in [2.05, 4.69) is 105 Å². The Balaban J connectivity index is 1.93. The van der Waals surface area contributed by atoms with Gasteiger partial charge in [0.25, 0.3) is 0 Å². The molecule has 0 bridgehead atoms. The lowest BCUT2D eigenvalue weighted by Crippen LogP contribution is -2.39. The van der Waals surface area contributed by atoms with Gasteiger partial charge in [-0.05, 0) is 47.9 Å². The van der Waals surface area contributed by atoms with Gasteiger partial charge in [-0.25, -0.2) is 0 Å². The van der Waals surface area contributed by atoms with Gasteiger partial charge >= 0.3 is 0 Å². The predicted molar refractivity (Wildman–Crippen MR) is 126 cm³/mol. The van der Waals surface area contributed by atoms with Gasteiger partial charge in [-0.15, -0.1) is 0 Å². The van der Waals surface area contributed by atoms with Gasteiger partial charge < -0.3 is 9.47 Å². The van der Waals surface area contributed by atoms with Crippen molar-refractivity contribution < 1.29 is 9.47 Å². The van der Waals surface area contributed by atoms with E-state index >= 15 is 0 Å². The quantitative estimate of drug-likeness (QED) is 0.303. The van der Waals surface area contributed by atoms with E-state index in [-0.39, 0.29) is 23.4 Å². The molecule has 4 atom stereocenters. The van der Waals surface area contributed by atoms with Crippen molar-refractivity contribution in [3.05, 3.63) is 0 Å². The number of hydrogen-bond acceptors (Lipinski definition) is 2. The van der Waals surface area contributed by atoms with Gasteiger partial charge in [-0.3, -0.25) is 0 Å². The Morgan fingerprint density at radius 3 is 1.21 bits per heavy atom. The molecule has 0 radical (unpaired) electrons. The average molecular weight is 419 g/mol. The second-order valence-electron chi connectivity index (χ2n) is 12.6. The highest BCUT2D eigenvalue weighted by atomic mass is 28.3.